The predicted octanol–water partition coefficient (Wildman–Crippen LogP) is 2.57. The van der Waals surface area contributed by atoms with Crippen LogP contribution in [0.25, 0.3) is 11.0 Å². The molecule has 1 aromatic heterocycles. The summed E-state index contributed by atoms with van der Waals surface area (Å²) in [6, 6.07) is 4.20. The third-order valence-electron chi connectivity index (χ3n) is 4.42. The Labute approximate surface area is 151 Å². The van der Waals surface area contributed by atoms with Crippen molar-refractivity contribution in [2.24, 2.45) is 5.92 Å². The van der Waals surface area contributed by atoms with Crippen LogP contribution >= 0.6 is 0 Å². The van der Waals surface area contributed by atoms with Gasteiger partial charge in [-0.1, -0.05) is 26.8 Å². The van der Waals surface area contributed by atoms with Crippen molar-refractivity contribution in [1.29, 1.82) is 0 Å². The number of nitrogens with zero attached hydrogens (tertiary/aromatic N) is 2. The number of ketones is 1. The highest BCUT2D eigenvalue weighted by Gasteiger charge is 2.67. The molecule has 0 bridgehead atoms. The number of benzene rings is 1. The van der Waals surface area contributed by atoms with Crippen molar-refractivity contribution < 1.29 is 27.6 Å². The van der Waals surface area contributed by atoms with E-state index in [-0.39, 0.29) is 34.7 Å². The maximum Gasteiger partial charge on any atom is 0.440 e. The van der Waals surface area contributed by atoms with Crippen molar-refractivity contribution >= 4 is 34.6 Å². The molecule has 0 radical (unpaired) electrons. The van der Waals surface area contributed by atoms with E-state index in [1.807, 2.05) is 0 Å². The van der Waals surface area contributed by atoms with Crippen LogP contribution in [0.15, 0.2) is 18.2 Å². The molecule has 0 spiro atoms. The van der Waals surface area contributed by atoms with E-state index in [4.69, 9.17) is 0 Å². The average Bonchev–Trinajstić information content (AvgIpc) is 3.07. The Kier molecular flexibility index (Phi) is 4.24. The van der Waals surface area contributed by atoms with Gasteiger partial charge in [0.15, 0.2) is 5.78 Å². The van der Waals surface area contributed by atoms with E-state index in [1.54, 1.807) is 19.2 Å². The first kappa shape index (κ1) is 18.9. The lowest BCUT2D eigenvalue weighted by Gasteiger charge is -2.31. The standard InChI is InChI=1S/C17H17F3N4O3/c1-4-11(25)23-16(17(18,19)20)14(27)22-15-21-12-9(13(26)8(2)3)6-5-7-10(12)24(15)16/h5-8H,4H2,1-3H3,(H,23,25)(H,21,22,27). The van der Waals surface area contributed by atoms with Gasteiger partial charge in [-0.05, 0) is 12.1 Å². The lowest BCUT2D eigenvalue weighted by molar-refractivity contribution is -0.217. The average molecular weight is 382 g/mol. The van der Waals surface area contributed by atoms with E-state index in [2.05, 4.69) is 10.3 Å². The largest absolute Gasteiger partial charge is 0.440 e. The van der Waals surface area contributed by atoms with Gasteiger partial charge in [0.1, 0.15) is 5.52 Å². The molecule has 3 rings (SSSR count). The van der Waals surface area contributed by atoms with E-state index in [1.165, 1.54) is 25.1 Å². The summed E-state index contributed by atoms with van der Waals surface area (Å²) < 4.78 is 42.7. The molecule has 2 N–H and O–H groups in total. The monoisotopic (exact) mass is 382 g/mol. The number of Topliss-reactive ketones (excluding diaryl/α,β-unsaturated/α-hetero) is 1. The minimum atomic E-state index is -5.14. The molecule has 144 valence electrons. The normalized spacial score (nSPS) is 19.3. The van der Waals surface area contributed by atoms with Gasteiger partial charge < -0.3 is 5.32 Å². The van der Waals surface area contributed by atoms with Crippen LogP contribution in [-0.2, 0) is 15.3 Å². The first-order valence-electron chi connectivity index (χ1n) is 8.30. The lowest BCUT2D eigenvalue weighted by atomic mass is 9.99. The first-order valence-corrected chi connectivity index (χ1v) is 8.30. The van der Waals surface area contributed by atoms with Gasteiger partial charge in [-0.2, -0.15) is 13.2 Å². The number of carbonyl (C=O) groups excluding carboxylic acids is 3. The number of anilines is 1. The number of aromatic nitrogens is 2. The topological polar surface area (TPSA) is 93.1 Å². The van der Waals surface area contributed by atoms with Crippen LogP contribution in [0.5, 0.6) is 0 Å². The van der Waals surface area contributed by atoms with Gasteiger partial charge in [0.2, 0.25) is 11.9 Å². The minimum Gasteiger partial charge on any atom is -0.317 e. The Bertz CT molecular complexity index is 964. The van der Waals surface area contributed by atoms with Crippen molar-refractivity contribution in [1.82, 2.24) is 14.9 Å². The van der Waals surface area contributed by atoms with Crippen molar-refractivity contribution in [2.75, 3.05) is 5.32 Å². The van der Waals surface area contributed by atoms with Crippen LogP contribution in [0.4, 0.5) is 19.1 Å². The molecule has 0 saturated heterocycles. The number of alkyl halides is 3. The molecule has 1 aliphatic heterocycles. The van der Waals surface area contributed by atoms with Gasteiger partial charge in [-0.15, -0.1) is 0 Å². The van der Waals surface area contributed by atoms with Crippen LogP contribution in [0.2, 0.25) is 0 Å². The summed E-state index contributed by atoms with van der Waals surface area (Å²) in [5.74, 6) is -3.48. The molecule has 1 unspecified atom stereocenters. The summed E-state index contributed by atoms with van der Waals surface area (Å²) in [7, 11) is 0. The Morgan fingerprint density at radius 3 is 2.56 bits per heavy atom. The maximum atomic E-state index is 14.0. The van der Waals surface area contributed by atoms with E-state index in [9.17, 15) is 27.6 Å². The molecular formula is C17H17F3N4O3. The fraction of sp³-hybridized carbons (Fsp3) is 0.412. The second kappa shape index (κ2) is 6.07. The highest BCUT2D eigenvalue weighted by molar-refractivity contribution is 6.10. The molecule has 1 atom stereocenters. The summed E-state index contributed by atoms with van der Waals surface area (Å²) in [5, 5.41) is 3.88. The van der Waals surface area contributed by atoms with Gasteiger partial charge in [-0.25, -0.2) is 4.98 Å². The van der Waals surface area contributed by atoms with Crippen LogP contribution in [-0.4, -0.2) is 33.3 Å². The fourth-order valence-electron chi connectivity index (χ4n) is 3.06. The minimum absolute atomic E-state index is 0.0329. The summed E-state index contributed by atoms with van der Waals surface area (Å²) in [5.41, 5.74) is -3.23. The molecular weight excluding hydrogens is 365 g/mol. The summed E-state index contributed by atoms with van der Waals surface area (Å²) in [6.07, 6.45) is -5.39. The zero-order valence-corrected chi connectivity index (χ0v) is 14.8. The lowest BCUT2D eigenvalue weighted by Crippen LogP contribution is -2.63. The van der Waals surface area contributed by atoms with Gasteiger partial charge >= 0.3 is 6.18 Å². The number of nitrogens with one attached hydrogen (secondary N) is 2. The zero-order chi connectivity index (χ0) is 20.1. The fourth-order valence-corrected chi connectivity index (χ4v) is 3.06. The van der Waals surface area contributed by atoms with Crippen molar-refractivity contribution in [3.63, 3.8) is 0 Å². The third-order valence-corrected chi connectivity index (χ3v) is 4.42. The van der Waals surface area contributed by atoms with E-state index >= 15 is 0 Å². The van der Waals surface area contributed by atoms with Crippen molar-refractivity contribution in [3.8, 4) is 0 Å². The van der Waals surface area contributed by atoms with Gasteiger partial charge in [0.25, 0.3) is 11.6 Å². The van der Waals surface area contributed by atoms with E-state index in [0.29, 0.717) is 4.57 Å². The van der Waals surface area contributed by atoms with Crippen LogP contribution in [0.1, 0.15) is 37.6 Å². The number of fused-ring (bicyclic) bond motifs is 3. The van der Waals surface area contributed by atoms with Gasteiger partial charge in [-0.3, -0.25) is 24.3 Å². The van der Waals surface area contributed by atoms with Gasteiger partial charge in [0.05, 0.1) is 5.52 Å². The quantitative estimate of drug-likeness (QED) is 0.795. The molecule has 1 aromatic carbocycles. The van der Waals surface area contributed by atoms with Crippen molar-refractivity contribution in [2.45, 2.75) is 39.0 Å². The number of amides is 2. The van der Waals surface area contributed by atoms with Crippen molar-refractivity contribution in [3.05, 3.63) is 23.8 Å². The molecule has 1 aliphatic rings. The summed E-state index contributed by atoms with van der Waals surface area (Å²) >= 11 is 0. The Balaban J connectivity index is 2.33. The van der Waals surface area contributed by atoms with Crippen LogP contribution in [0, 0.1) is 5.92 Å². The molecule has 0 aliphatic carbocycles. The molecule has 7 nitrogen and oxygen atoms in total. The second-order valence-corrected chi connectivity index (χ2v) is 6.53. The SMILES string of the molecule is CCC(=O)NC1(C(F)(F)F)C(=O)Nc2nc3c(C(=O)C(C)C)cccc3n21. The molecule has 2 aromatic rings. The highest BCUT2D eigenvalue weighted by Crippen LogP contribution is 2.44. The number of rotatable bonds is 4. The number of hydrogen-bond acceptors (Lipinski definition) is 4. The molecule has 10 heteroatoms. The molecule has 2 amide bonds. The molecule has 27 heavy (non-hydrogen) atoms. The maximum absolute atomic E-state index is 14.0. The number of halogens is 3. The molecule has 2 heterocycles. The van der Waals surface area contributed by atoms with E-state index < -0.39 is 29.6 Å². The smallest absolute Gasteiger partial charge is 0.317 e. The molecule has 0 saturated carbocycles. The number of imidazole rings is 1. The Morgan fingerprint density at radius 2 is 2.00 bits per heavy atom. The van der Waals surface area contributed by atoms with Gasteiger partial charge in [0, 0.05) is 17.9 Å². The number of hydrogen-bond donors (Lipinski definition) is 2. The number of para-hydroxylation sites is 1. The zero-order valence-electron chi connectivity index (χ0n) is 14.8. The first-order chi connectivity index (χ1) is 12.5. The summed E-state index contributed by atoms with van der Waals surface area (Å²) in [4.78, 5) is 40.6. The highest BCUT2D eigenvalue weighted by atomic mass is 19.4. The van der Waals surface area contributed by atoms with E-state index in [0.717, 1.165) is 0 Å². The van der Waals surface area contributed by atoms with Crippen LogP contribution in [0.3, 0.4) is 0 Å². The summed E-state index contributed by atoms with van der Waals surface area (Å²) in [6.45, 7) is 4.70. The third kappa shape index (κ3) is 2.58. The second-order valence-electron chi connectivity index (χ2n) is 6.53. The number of carbonyl (C=O) groups is 3. The predicted molar refractivity (Wildman–Crippen MR) is 90.0 cm³/mol. The molecule has 0 fully saturated rings. The Morgan fingerprint density at radius 1 is 1.33 bits per heavy atom. The Hall–Kier alpha value is -2.91. The van der Waals surface area contributed by atoms with Crippen LogP contribution < -0.4 is 10.6 Å².